The van der Waals surface area contributed by atoms with Crippen molar-refractivity contribution in [1.82, 2.24) is 0 Å². The molecule has 4 heteroatoms. The average molecular weight is 230 g/mol. The van der Waals surface area contributed by atoms with Gasteiger partial charge in [-0.3, -0.25) is 0 Å². The Morgan fingerprint density at radius 3 is 1.83 bits per heavy atom. The fourth-order valence-corrected chi connectivity index (χ4v) is 6.29. The van der Waals surface area contributed by atoms with Gasteiger partial charge in [0.1, 0.15) is 0 Å². The van der Waals surface area contributed by atoms with Crippen LogP contribution in [0.4, 0.5) is 0 Å². The molecule has 0 bridgehead atoms. The molecule has 0 nitrogen and oxygen atoms in total. The van der Waals surface area contributed by atoms with E-state index in [4.69, 9.17) is 0 Å². The summed E-state index contributed by atoms with van der Waals surface area (Å²) in [6.07, 6.45) is 0. The minimum atomic E-state index is 1.19. The maximum atomic E-state index is 2.38. The van der Waals surface area contributed by atoms with Gasteiger partial charge in [0, 0.05) is 21.3 Å². The van der Waals surface area contributed by atoms with Crippen LogP contribution in [-0.2, 0) is 11.5 Å². The Labute approximate surface area is 87.4 Å². The molecule has 0 unspecified atom stereocenters. The summed E-state index contributed by atoms with van der Waals surface area (Å²) >= 11 is 0. The zero-order chi connectivity index (χ0) is 7.97. The molecule has 0 radical (unpaired) electrons. The standard InChI is InChI=1S/C8H6S4/c1-5-3-9-12-8(5)2-6-4-10-11-7(1)6/h1-2H,3-4H2. The van der Waals surface area contributed by atoms with Crippen molar-refractivity contribution in [3.05, 3.63) is 23.3 Å². The third-order valence-corrected chi connectivity index (χ3v) is 6.67. The number of fused-ring (bicyclic) bond motifs is 2. The number of benzene rings is 1. The van der Waals surface area contributed by atoms with Crippen LogP contribution in [-0.4, -0.2) is 0 Å². The monoisotopic (exact) mass is 230 g/mol. The predicted molar refractivity (Wildman–Crippen MR) is 60.7 cm³/mol. The van der Waals surface area contributed by atoms with E-state index in [1.165, 1.54) is 21.3 Å². The molecule has 12 heavy (non-hydrogen) atoms. The molecule has 0 saturated carbocycles. The summed E-state index contributed by atoms with van der Waals surface area (Å²) in [7, 11) is 7.77. The van der Waals surface area contributed by atoms with Crippen LogP contribution in [0.2, 0.25) is 0 Å². The van der Waals surface area contributed by atoms with Gasteiger partial charge in [0.15, 0.2) is 0 Å². The van der Waals surface area contributed by atoms with Gasteiger partial charge in [-0.15, -0.1) is 0 Å². The molecular formula is C8H6S4. The second kappa shape index (κ2) is 3.08. The third-order valence-electron chi connectivity index (χ3n) is 1.97. The maximum Gasteiger partial charge on any atom is 0.0304 e. The molecule has 1 aromatic rings. The van der Waals surface area contributed by atoms with Gasteiger partial charge in [-0.1, -0.05) is 43.2 Å². The average Bonchev–Trinajstić information content (AvgIpc) is 2.64. The molecule has 2 aliphatic heterocycles. The highest BCUT2D eigenvalue weighted by molar-refractivity contribution is 8.77. The van der Waals surface area contributed by atoms with E-state index in [2.05, 4.69) is 12.1 Å². The van der Waals surface area contributed by atoms with E-state index in [0.29, 0.717) is 0 Å². The first-order valence-electron chi connectivity index (χ1n) is 3.68. The van der Waals surface area contributed by atoms with E-state index in [1.807, 2.05) is 43.2 Å². The second-order valence-electron chi connectivity index (χ2n) is 2.76. The molecular weight excluding hydrogens is 224 g/mol. The lowest BCUT2D eigenvalue weighted by atomic mass is 10.2. The lowest BCUT2D eigenvalue weighted by Crippen LogP contribution is -1.83. The summed E-state index contributed by atoms with van der Waals surface area (Å²) in [5, 5.41) is 0. The molecule has 0 amide bonds. The fourth-order valence-electron chi connectivity index (χ4n) is 1.34. The van der Waals surface area contributed by atoms with Crippen molar-refractivity contribution in [3.63, 3.8) is 0 Å². The molecule has 0 fully saturated rings. The van der Waals surface area contributed by atoms with Gasteiger partial charge in [0.05, 0.1) is 0 Å². The van der Waals surface area contributed by atoms with E-state index in [0.717, 1.165) is 0 Å². The van der Waals surface area contributed by atoms with Crippen LogP contribution < -0.4 is 0 Å². The Bertz CT molecular complexity index is 274. The number of rotatable bonds is 0. The van der Waals surface area contributed by atoms with Gasteiger partial charge >= 0.3 is 0 Å². The van der Waals surface area contributed by atoms with E-state index in [9.17, 15) is 0 Å². The van der Waals surface area contributed by atoms with Gasteiger partial charge < -0.3 is 0 Å². The van der Waals surface area contributed by atoms with Crippen LogP contribution in [0.3, 0.4) is 0 Å². The maximum absolute atomic E-state index is 2.38. The number of hydrogen-bond acceptors (Lipinski definition) is 4. The lowest BCUT2D eigenvalue weighted by molar-refractivity contribution is 1.17. The van der Waals surface area contributed by atoms with Gasteiger partial charge in [-0.25, -0.2) is 0 Å². The second-order valence-corrected chi connectivity index (χ2v) is 7.43. The van der Waals surface area contributed by atoms with Crippen LogP contribution in [0, 0.1) is 0 Å². The zero-order valence-corrected chi connectivity index (χ0v) is 9.47. The Balaban J connectivity index is 2.18. The number of hydrogen-bond donors (Lipinski definition) is 0. The molecule has 0 saturated heterocycles. The quantitative estimate of drug-likeness (QED) is 0.612. The topological polar surface area (TPSA) is 0 Å². The smallest absolute Gasteiger partial charge is 0.0304 e. The van der Waals surface area contributed by atoms with Crippen LogP contribution in [0.25, 0.3) is 0 Å². The largest absolute Gasteiger partial charge is 0.0841 e. The van der Waals surface area contributed by atoms with Gasteiger partial charge in [0.2, 0.25) is 0 Å². The Kier molecular flexibility index (Phi) is 2.05. The van der Waals surface area contributed by atoms with Gasteiger partial charge in [-0.2, -0.15) is 0 Å². The highest BCUT2D eigenvalue weighted by Gasteiger charge is 2.19. The molecule has 0 atom stereocenters. The third kappa shape index (κ3) is 1.20. The van der Waals surface area contributed by atoms with Crippen molar-refractivity contribution in [1.29, 1.82) is 0 Å². The van der Waals surface area contributed by atoms with Gasteiger partial charge in [-0.05, 0) is 23.3 Å². The minimum absolute atomic E-state index is 1.19. The zero-order valence-electron chi connectivity index (χ0n) is 6.20. The molecule has 2 aliphatic rings. The summed E-state index contributed by atoms with van der Waals surface area (Å²) in [5.41, 5.74) is 3.08. The van der Waals surface area contributed by atoms with Crippen molar-refractivity contribution < 1.29 is 0 Å². The molecule has 2 heterocycles. The van der Waals surface area contributed by atoms with Crippen LogP contribution >= 0.6 is 43.2 Å². The molecule has 3 rings (SSSR count). The molecule has 0 spiro atoms. The Morgan fingerprint density at radius 2 is 1.33 bits per heavy atom. The van der Waals surface area contributed by atoms with Gasteiger partial charge in [0.25, 0.3) is 0 Å². The summed E-state index contributed by atoms with van der Waals surface area (Å²) in [6.45, 7) is 0. The van der Waals surface area contributed by atoms with Crippen LogP contribution in [0.1, 0.15) is 11.1 Å². The molecule has 0 N–H and O–H groups in total. The summed E-state index contributed by atoms with van der Waals surface area (Å²) < 4.78 is 0. The molecule has 1 aromatic carbocycles. The highest BCUT2D eigenvalue weighted by Crippen LogP contribution is 2.51. The van der Waals surface area contributed by atoms with Crippen molar-refractivity contribution in [2.24, 2.45) is 0 Å². The Hall–Kier alpha value is 0.620. The molecule has 0 aromatic heterocycles. The first-order valence-corrected chi connectivity index (χ1v) is 8.32. The molecule has 62 valence electrons. The predicted octanol–water partition coefficient (Wildman–Crippen LogP) is 4.19. The fraction of sp³-hybridized carbons (Fsp3) is 0.250. The van der Waals surface area contributed by atoms with Crippen LogP contribution in [0.5, 0.6) is 0 Å². The minimum Gasteiger partial charge on any atom is -0.0841 e. The highest BCUT2D eigenvalue weighted by atomic mass is 33.1. The van der Waals surface area contributed by atoms with E-state index in [-0.39, 0.29) is 0 Å². The summed E-state index contributed by atoms with van der Waals surface area (Å²) in [6, 6.07) is 4.75. The first kappa shape index (κ1) is 7.97. The van der Waals surface area contributed by atoms with E-state index < -0.39 is 0 Å². The summed E-state index contributed by atoms with van der Waals surface area (Å²) in [4.78, 5) is 3.00. The Morgan fingerprint density at radius 1 is 0.833 bits per heavy atom. The van der Waals surface area contributed by atoms with Crippen LogP contribution in [0.15, 0.2) is 21.9 Å². The van der Waals surface area contributed by atoms with Crippen molar-refractivity contribution >= 4 is 43.2 Å². The first-order chi connectivity index (χ1) is 5.93. The lowest BCUT2D eigenvalue weighted by Gasteiger charge is -2.00. The van der Waals surface area contributed by atoms with Crippen molar-refractivity contribution in [2.75, 3.05) is 0 Å². The normalized spacial score (nSPS) is 19.3. The van der Waals surface area contributed by atoms with Crippen molar-refractivity contribution in [2.45, 2.75) is 21.3 Å². The van der Waals surface area contributed by atoms with E-state index >= 15 is 0 Å². The van der Waals surface area contributed by atoms with E-state index in [1.54, 1.807) is 11.1 Å². The van der Waals surface area contributed by atoms with Crippen molar-refractivity contribution in [3.8, 4) is 0 Å². The SMILES string of the molecule is c1c2c(cc3c1SSC3)SSC2. The summed E-state index contributed by atoms with van der Waals surface area (Å²) in [5.74, 6) is 2.39. The molecule has 0 aliphatic carbocycles.